The molecule has 5 rings (SSSR count). The monoisotopic (exact) mass is 451 g/mol. The van der Waals surface area contributed by atoms with Crippen molar-refractivity contribution in [2.45, 2.75) is 25.5 Å². The van der Waals surface area contributed by atoms with Gasteiger partial charge in [-0.15, -0.1) is 0 Å². The Kier molecular flexibility index (Phi) is 5.95. The van der Waals surface area contributed by atoms with Crippen LogP contribution in [0, 0.1) is 0 Å². The SMILES string of the molecule is COc1cc(CN2CCN(c3cccc4c3C(=O)N(CC3CCCO3)C4=O)CC2)ccc1O. The fourth-order valence-corrected chi connectivity index (χ4v) is 4.96. The number of phenols is 1. The second kappa shape index (κ2) is 9.03. The van der Waals surface area contributed by atoms with Gasteiger partial charge in [0.15, 0.2) is 11.5 Å². The summed E-state index contributed by atoms with van der Waals surface area (Å²) in [7, 11) is 1.55. The number of methoxy groups -OCH3 is 1. The molecule has 2 saturated heterocycles. The predicted molar refractivity (Wildman–Crippen MR) is 123 cm³/mol. The van der Waals surface area contributed by atoms with E-state index in [1.54, 1.807) is 19.2 Å². The number of carbonyl (C=O) groups excluding carboxylic acids is 2. The Morgan fingerprint density at radius 3 is 2.64 bits per heavy atom. The van der Waals surface area contributed by atoms with Gasteiger partial charge < -0.3 is 19.5 Å². The van der Waals surface area contributed by atoms with Gasteiger partial charge in [0.25, 0.3) is 11.8 Å². The van der Waals surface area contributed by atoms with Gasteiger partial charge in [-0.05, 0) is 42.7 Å². The molecule has 8 nitrogen and oxygen atoms in total. The maximum atomic E-state index is 13.2. The molecule has 0 aromatic heterocycles. The number of anilines is 1. The van der Waals surface area contributed by atoms with Crippen molar-refractivity contribution in [2.24, 2.45) is 0 Å². The van der Waals surface area contributed by atoms with Crippen molar-refractivity contribution in [1.29, 1.82) is 0 Å². The zero-order chi connectivity index (χ0) is 22.9. The summed E-state index contributed by atoms with van der Waals surface area (Å²) in [4.78, 5) is 32.1. The van der Waals surface area contributed by atoms with E-state index in [1.807, 2.05) is 24.3 Å². The fraction of sp³-hybridized carbons (Fsp3) is 0.440. The van der Waals surface area contributed by atoms with Crippen molar-refractivity contribution in [1.82, 2.24) is 9.80 Å². The highest BCUT2D eigenvalue weighted by atomic mass is 16.5. The highest BCUT2D eigenvalue weighted by Crippen LogP contribution is 2.33. The number of rotatable bonds is 6. The van der Waals surface area contributed by atoms with Crippen LogP contribution in [-0.2, 0) is 11.3 Å². The minimum absolute atomic E-state index is 0.0577. The van der Waals surface area contributed by atoms with Crippen LogP contribution in [0.2, 0.25) is 0 Å². The molecular weight excluding hydrogens is 422 g/mol. The average molecular weight is 452 g/mol. The summed E-state index contributed by atoms with van der Waals surface area (Å²) in [6.45, 7) is 4.96. The summed E-state index contributed by atoms with van der Waals surface area (Å²) in [6, 6.07) is 11.0. The van der Waals surface area contributed by atoms with Gasteiger partial charge in [0.1, 0.15) is 0 Å². The Morgan fingerprint density at radius 2 is 1.91 bits per heavy atom. The molecule has 2 aromatic rings. The first-order valence-electron chi connectivity index (χ1n) is 11.5. The van der Waals surface area contributed by atoms with Gasteiger partial charge >= 0.3 is 0 Å². The molecule has 1 atom stereocenters. The van der Waals surface area contributed by atoms with Crippen molar-refractivity contribution < 1.29 is 24.2 Å². The number of aromatic hydroxyl groups is 1. The number of phenolic OH excluding ortho intramolecular Hbond substituents is 1. The predicted octanol–water partition coefficient (Wildman–Crippen LogP) is 2.50. The number of nitrogens with zero attached hydrogens (tertiary/aromatic N) is 3. The Balaban J connectivity index is 1.27. The van der Waals surface area contributed by atoms with Crippen LogP contribution in [0.1, 0.15) is 39.1 Å². The van der Waals surface area contributed by atoms with Gasteiger partial charge in [-0.2, -0.15) is 0 Å². The van der Waals surface area contributed by atoms with E-state index in [2.05, 4.69) is 9.80 Å². The largest absolute Gasteiger partial charge is 0.504 e. The van der Waals surface area contributed by atoms with Crippen molar-refractivity contribution in [3.63, 3.8) is 0 Å². The molecule has 3 heterocycles. The lowest BCUT2D eigenvalue weighted by molar-refractivity contribution is 0.0475. The number of benzene rings is 2. The second-order valence-electron chi connectivity index (χ2n) is 8.83. The lowest BCUT2D eigenvalue weighted by atomic mass is 10.1. The molecular formula is C25H29N3O5. The van der Waals surface area contributed by atoms with E-state index in [0.717, 1.165) is 56.8 Å². The van der Waals surface area contributed by atoms with Crippen LogP contribution < -0.4 is 9.64 Å². The lowest BCUT2D eigenvalue weighted by Gasteiger charge is -2.36. The first-order valence-corrected chi connectivity index (χ1v) is 11.5. The number of fused-ring (bicyclic) bond motifs is 1. The van der Waals surface area contributed by atoms with Crippen LogP contribution in [-0.4, -0.2) is 79.3 Å². The van der Waals surface area contributed by atoms with Crippen LogP contribution in [0.4, 0.5) is 5.69 Å². The average Bonchev–Trinajstić information content (AvgIpc) is 3.44. The minimum atomic E-state index is -0.215. The molecule has 3 aliphatic heterocycles. The number of hydrogen-bond acceptors (Lipinski definition) is 7. The van der Waals surface area contributed by atoms with Gasteiger partial charge in [0, 0.05) is 39.3 Å². The molecule has 1 N–H and O–H groups in total. The summed E-state index contributed by atoms with van der Waals surface area (Å²) in [5.41, 5.74) is 2.93. The molecule has 0 saturated carbocycles. The fourth-order valence-electron chi connectivity index (χ4n) is 4.96. The van der Waals surface area contributed by atoms with E-state index in [0.29, 0.717) is 30.0 Å². The molecule has 0 bridgehead atoms. The summed E-state index contributed by atoms with van der Waals surface area (Å²) in [6.07, 6.45) is 1.80. The molecule has 174 valence electrons. The van der Waals surface area contributed by atoms with Gasteiger partial charge in [-0.1, -0.05) is 12.1 Å². The third-order valence-electron chi connectivity index (χ3n) is 6.75. The summed E-state index contributed by atoms with van der Waals surface area (Å²) >= 11 is 0. The Morgan fingerprint density at radius 1 is 1.09 bits per heavy atom. The van der Waals surface area contributed by atoms with E-state index in [9.17, 15) is 14.7 Å². The number of piperazine rings is 1. The second-order valence-corrected chi connectivity index (χ2v) is 8.83. The van der Waals surface area contributed by atoms with Crippen molar-refractivity contribution >= 4 is 17.5 Å². The standard InChI is InChI=1S/C25H29N3O5/c1-32-22-14-17(7-8-21(22)29)15-26-9-11-27(12-10-26)20-6-2-5-19-23(20)25(31)28(24(19)30)16-18-4-3-13-33-18/h2,5-8,14,18,29H,3-4,9-13,15-16H2,1H3. The van der Waals surface area contributed by atoms with Crippen LogP contribution in [0.5, 0.6) is 11.5 Å². The zero-order valence-electron chi connectivity index (χ0n) is 18.8. The zero-order valence-corrected chi connectivity index (χ0v) is 18.8. The maximum absolute atomic E-state index is 13.2. The summed E-state index contributed by atoms with van der Waals surface area (Å²) in [5.74, 6) is 0.186. The van der Waals surface area contributed by atoms with Crippen LogP contribution >= 0.6 is 0 Å². The van der Waals surface area contributed by atoms with Crippen LogP contribution in [0.25, 0.3) is 0 Å². The number of imide groups is 1. The van der Waals surface area contributed by atoms with E-state index in [1.165, 1.54) is 4.90 Å². The van der Waals surface area contributed by atoms with Crippen molar-refractivity contribution in [2.75, 3.05) is 51.3 Å². The number of ether oxygens (including phenoxy) is 2. The quantitative estimate of drug-likeness (QED) is 0.676. The Labute approximate surface area is 193 Å². The lowest BCUT2D eigenvalue weighted by Crippen LogP contribution is -2.46. The molecule has 3 aliphatic rings. The van der Waals surface area contributed by atoms with Crippen LogP contribution in [0.3, 0.4) is 0 Å². The molecule has 2 aromatic carbocycles. The van der Waals surface area contributed by atoms with Gasteiger partial charge in [-0.25, -0.2) is 0 Å². The van der Waals surface area contributed by atoms with Crippen LogP contribution in [0.15, 0.2) is 36.4 Å². The third-order valence-corrected chi connectivity index (χ3v) is 6.75. The molecule has 0 spiro atoms. The number of hydrogen-bond donors (Lipinski definition) is 1. The highest BCUT2D eigenvalue weighted by Gasteiger charge is 2.40. The van der Waals surface area contributed by atoms with E-state index < -0.39 is 0 Å². The molecule has 2 amide bonds. The van der Waals surface area contributed by atoms with E-state index in [-0.39, 0.29) is 23.7 Å². The minimum Gasteiger partial charge on any atom is -0.504 e. The highest BCUT2D eigenvalue weighted by molar-refractivity contribution is 6.23. The topological polar surface area (TPSA) is 82.5 Å². The van der Waals surface area contributed by atoms with E-state index >= 15 is 0 Å². The molecule has 0 radical (unpaired) electrons. The Hall–Kier alpha value is -3.10. The number of carbonyl (C=O) groups is 2. The first-order chi connectivity index (χ1) is 16.0. The van der Waals surface area contributed by atoms with Crippen molar-refractivity contribution in [3.8, 4) is 11.5 Å². The number of amides is 2. The molecule has 2 fully saturated rings. The first kappa shape index (κ1) is 21.7. The van der Waals surface area contributed by atoms with E-state index in [4.69, 9.17) is 9.47 Å². The summed E-state index contributed by atoms with van der Waals surface area (Å²) in [5, 5.41) is 9.81. The maximum Gasteiger partial charge on any atom is 0.263 e. The smallest absolute Gasteiger partial charge is 0.263 e. The Bertz CT molecular complexity index is 1060. The summed E-state index contributed by atoms with van der Waals surface area (Å²) < 4.78 is 10.9. The van der Waals surface area contributed by atoms with Crippen molar-refractivity contribution in [3.05, 3.63) is 53.1 Å². The molecule has 1 unspecified atom stereocenters. The van der Waals surface area contributed by atoms with Gasteiger partial charge in [0.05, 0.1) is 36.6 Å². The molecule has 0 aliphatic carbocycles. The third kappa shape index (κ3) is 4.16. The van der Waals surface area contributed by atoms with Gasteiger partial charge in [-0.3, -0.25) is 19.4 Å². The normalized spacial score (nSPS) is 21.1. The van der Waals surface area contributed by atoms with Gasteiger partial charge in [0.2, 0.25) is 0 Å². The molecule has 8 heteroatoms. The molecule has 33 heavy (non-hydrogen) atoms.